The van der Waals surface area contributed by atoms with E-state index in [1.54, 1.807) is 7.11 Å². The van der Waals surface area contributed by atoms with Gasteiger partial charge in [-0.3, -0.25) is 10.1 Å². The van der Waals surface area contributed by atoms with Crippen LogP contribution < -0.4 is 15.0 Å². The Morgan fingerprint density at radius 2 is 1.74 bits per heavy atom. The van der Waals surface area contributed by atoms with Crippen LogP contribution in [0.25, 0.3) is 0 Å². The molecule has 0 aliphatic carbocycles. The Morgan fingerprint density at radius 1 is 1.04 bits per heavy atom. The van der Waals surface area contributed by atoms with Crippen molar-refractivity contribution < 1.29 is 9.53 Å². The summed E-state index contributed by atoms with van der Waals surface area (Å²) < 4.78 is 5.53. The van der Waals surface area contributed by atoms with Crippen LogP contribution in [0, 0.1) is 0 Å². The van der Waals surface area contributed by atoms with E-state index in [0.717, 1.165) is 11.4 Å². The van der Waals surface area contributed by atoms with Crippen molar-refractivity contribution in [1.29, 1.82) is 0 Å². The second-order valence-electron chi connectivity index (χ2n) is 5.87. The van der Waals surface area contributed by atoms with Crippen LogP contribution >= 0.6 is 22.6 Å². The van der Waals surface area contributed by atoms with Gasteiger partial charge in [-0.2, -0.15) is 0 Å². The number of rotatable bonds is 3. The average Bonchev–Trinajstić information content (AvgIpc) is 2.89. The minimum absolute atomic E-state index is 0.0794. The van der Waals surface area contributed by atoms with Crippen molar-refractivity contribution in [1.82, 2.24) is 5.32 Å². The van der Waals surface area contributed by atoms with Gasteiger partial charge < -0.3 is 9.64 Å². The maximum atomic E-state index is 12.5. The van der Waals surface area contributed by atoms with E-state index in [-0.39, 0.29) is 24.0 Å². The molecule has 23 heavy (non-hydrogen) atoms. The quantitative estimate of drug-likeness (QED) is 0.472. The molecule has 0 spiro atoms. The molecule has 0 bridgehead atoms. The van der Waals surface area contributed by atoms with Gasteiger partial charge in [0.25, 0.3) is 0 Å². The monoisotopic (exact) mass is 420 g/mol. The van der Waals surface area contributed by atoms with Crippen LogP contribution in [0.3, 0.4) is 0 Å². The molecule has 1 N–H and O–H groups in total. The van der Waals surface area contributed by atoms with Gasteiger partial charge in [0.2, 0.25) is 5.91 Å². The number of fused-ring (bicyclic) bond motifs is 1. The number of methoxy groups -OCH3 is 1. The lowest BCUT2D eigenvalue weighted by Gasteiger charge is -2.44. The van der Waals surface area contributed by atoms with Crippen molar-refractivity contribution in [2.24, 2.45) is 0 Å². The summed E-state index contributed by atoms with van der Waals surface area (Å²) in [5, 5.41) is 3.51. The minimum atomic E-state index is -0.0794. The Bertz CT molecular complexity index is 720. The van der Waals surface area contributed by atoms with Crippen molar-refractivity contribution in [3.63, 3.8) is 0 Å². The van der Waals surface area contributed by atoms with Gasteiger partial charge >= 0.3 is 0 Å². The molecule has 4 nitrogen and oxygen atoms in total. The van der Waals surface area contributed by atoms with Gasteiger partial charge in [0.15, 0.2) is 0 Å². The maximum Gasteiger partial charge on any atom is 0.246 e. The smallest absolute Gasteiger partial charge is 0.246 e. The van der Waals surface area contributed by atoms with E-state index in [0.29, 0.717) is 3.92 Å². The molecule has 2 fully saturated rings. The second-order valence-corrected chi connectivity index (χ2v) is 7.31. The average molecular weight is 420 g/mol. The van der Waals surface area contributed by atoms with Crippen LogP contribution in [-0.2, 0) is 4.79 Å². The Morgan fingerprint density at radius 3 is 2.39 bits per heavy atom. The lowest BCUT2D eigenvalue weighted by molar-refractivity contribution is -0.125. The molecular formula is C18H17IN2O2. The van der Waals surface area contributed by atoms with E-state index in [2.05, 4.69) is 40.0 Å². The fraction of sp³-hybridized carbons (Fsp3) is 0.278. The Hall–Kier alpha value is -1.60. The highest BCUT2D eigenvalue weighted by Gasteiger charge is 2.58. The molecule has 5 heteroatoms. The molecule has 1 amide bonds. The molecule has 0 saturated carbocycles. The van der Waals surface area contributed by atoms with E-state index < -0.39 is 0 Å². The van der Waals surface area contributed by atoms with Gasteiger partial charge in [0.05, 0.1) is 17.1 Å². The van der Waals surface area contributed by atoms with Gasteiger partial charge in [0.1, 0.15) is 11.8 Å². The first kappa shape index (κ1) is 15.0. The predicted molar refractivity (Wildman–Crippen MR) is 98.2 cm³/mol. The number of halogens is 1. The van der Waals surface area contributed by atoms with Crippen molar-refractivity contribution in [2.75, 3.05) is 12.0 Å². The highest BCUT2D eigenvalue weighted by molar-refractivity contribution is 14.1. The minimum Gasteiger partial charge on any atom is -0.497 e. The molecule has 2 heterocycles. The first-order valence-electron chi connectivity index (χ1n) is 7.63. The summed E-state index contributed by atoms with van der Waals surface area (Å²) in [5.74, 6) is 0.955. The standard InChI is InChI=1S/C18H17IN2O2/c1-23-13-9-7-12(8-10-13)21-17-14(19)15(20-16(17)18(21)22)11-5-3-2-4-6-11/h2-10,14-17,20H,1H3/t14-,15-,16-,17+/m1/s1. The Kier molecular flexibility index (Phi) is 3.77. The second kappa shape index (κ2) is 5.79. The summed E-state index contributed by atoms with van der Waals surface area (Å²) in [4.78, 5) is 14.5. The molecule has 118 valence electrons. The summed E-state index contributed by atoms with van der Waals surface area (Å²) in [5.41, 5.74) is 2.18. The molecule has 2 aromatic rings. The molecule has 4 rings (SSSR count). The van der Waals surface area contributed by atoms with Crippen LogP contribution in [0.1, 0.15) is 11.6 Å². The lowest BCUT2D eigenvalue weighted by Crippen LogP contribution is -2.67. The highest BCUT2D eigenvalue weighted by Crippen LogP contribution is 2.44. The highest BCUT2D eigenvalue weighted by atomic mass is 127. The zero-order valence-corrected chi connectivity index (χ0v) is 14.8. The number of ether oxygens (including phenoxy) is 1. The molecule has 2 saturated heterocycles. The molecule has 0 radical (unpaired) electrons. The van der Waals surface area contributed by atoms with E-state index in [1.807, 2.05) is 47.4 Å². The molecule has 2 aromatic carbocycles. The number of nitrogens with zero attached hydrogens (tertiary/aromatic N) is 1. The van der Waals surface area contributed by atoms with Crippen LogP contribution in [0.4, 0.5) is 5.69 Å². The summed E-state index contributed by atoms with van der Waals surface area (Å²) in [6, 6.07) is 18.4. The first-order valence-corrected chi connectivity index (χ1v) is 8.87. The first-order chi connectivity index (χ1) is 11.2. The molecule has 0 unspecified atom stereocenters. The summed E-state index contributed by atoms with van der Waals surface area (Å²) in [6.45, 7) is 0. The van der Waals surface area contributed by atoms with Crippen molar-refractivity contribution in [3.8, 4) is 5.75 Å². The fourth-order valence-electron chi connectivity index (χ4n) is 3.47. The summed E-state index contributed by atoms with van der Waals surface area (Å²) in [7, 11) is 1.64. The van der Waals surface area contributed by atoms with Gasteiger partial charge in [-0.25, -0.2) is 0 Å². The van der Waals surface area contributed by atoms with E-state index in [9.17, 15) is 4.79 Å². The maximum absolute atomic E-state index is 12.5. The molecule has 4 atom stereocenters. The summed E-state index contributed by atoms with van der Waals surface area (Å²) in [6.07, 6.45) is 0. The number of nitrogens with one attached hydrogen (secondary N) is 1. The SMILES string of the molecule is COc1ccc(N2C(=O)[C@@H]3N[C@H](c4ccccc4)[C@@H](I)[C@@H]32)cc1. The molecule has 2 aliphatic rings. The third-order valence-corrected chi connectivity index (χ3v) is 6.11. The number of hydrogen-bond acceptors (Lipinski definition) is 3. The summed E-state index contributed by atoms with van der Waals surface area (Å²) >= 11 is 2.47. The predicted octanol–water partition coefficient (Wildman–Crippen LogP) is 2.93. The number of β-lactam (4-membered cyclic amide) rings is 1. The van der Waals surface area contributed by atoms with Gasteiger partial charge in [0, 0.05) is 11.7 Å². The van der Waals surface area contributed by atoms with E-state index >= 15 is 0 Å². The Labute approximate surface area is 149 Å². The number of benzene rings is 2. The topological polar surface area (TPSA) is 41.6 Å². The van der Waals surface area contributed by atoms with Crippen LogP contribution in [0.15, 0.2) is 54.6 Å². The number of alkyl halides is 1. The van der Waals surface area contributed by atoms with Crippen molar-refractivity contribution in [3.05, 3.63) is 60.2 Å². The van der Waals surface area contributed by atoms with Gasteiger partial charge in [-0.1, -0.05) is 52.9 Å². The van der Waals surface area contributed by atoms with Crippen LogP contribution in [0.5, 0.6) is 5.75 Å². The normalized spacial score (nSPS) is 29.1. The zero-order chi connectivity index (χ0) is 16.0. The number of hydrogen-bond donors (Lipinski definition) is 1. The number of carbonyl (C=O) groups is 1. The van der Waals surface area contributed by atoms with Crippen molar-refractivity contribution in [2.45, 2.75) is 22.1 Å². The lowest BCUT2D eigenvalue weighted by atomic mass is 9.93. The third kappa shape index (κ3) is 2.33. The van der Waals surface area contributed by atoms with E-state index in [4.69, 9.17) is 4.74 Å². The number of anilines is 1. The number of carbonyl (C=O) groups excluding carboxylic acids is 1. The molecule has 0 aromatic heterocycles. The van der Waals surface area contributed by atoms with E-state index in [1.165, 1.54) is 5.56 Å². The number of amides is 1. The third-order valence-electron chi connectivity index (χ3n) is 4.66. The van der Waals surface area contributed by atoms with Crippen LogP contribution in [-0.4, -0.2) is 29.0 Å². The van der Waals surface area contributed by atoms with Gasteiger partial charge in [-0.15, -0.1) is 0 Å². The fourth-order valence-corrected chi connectivity index (χ4v) is 4.83. The zero-order valence-electron chi connectivity index (χ0n) is 12.6. The largest absolute Gasteiger partial charge is 0.497 e. The molecule has 2 aliphatic heterocycles. The molecular weight excluding hydrogens is 403 g/mol. The van der Waals surface area contributed by atoms with Gasteiger partial charge in [-0.05, 0) is 29.8 Å². The van der Waals surface area contributed by atoms with Crippen molar-refractivity contribution >= 4 is 34.2 Å². The van der Waals surface area contributed by atoms with Crippen LogP contribution in [0.2, 0.25) is 0 Å². The Balaban J connectivity index is 1.60.